The highest BCUT2D eigenvalue weighted by Gasteiger charge is 2.42. The Balaban J connectivity index is 1.80. The molecule has 8 nitrogen and oxygen atoms in total. The number of nitriles is 1. The average molecular weight is 434 g/mol. The maximum atomic E-state index is 13.9. The molecule has 4 rings (SSSR count). The van der Waals surface area contributed by atoms with Gasteiger partial charge in [0.05, 0.1) is 23.1 Å². The van der Waals surface area contributed by atoms with Crippen LogP contribution < -0.4 is 4.90 Å². The summed E-state index contributed by atoms with van der Waals surface area (Å²) in [4.78, 5) is 18.5. The zero-order valence-corrected chi connectivity index (χ0v) is 15.8. The molecule has 0 aromatic carbocycles. The summed E-state index contributed by atoms with van der Waals surface area (Å²) in [6, 6.07) is 7.33. The number of carbonyl (C=O) groups excluding carboxylic acids is 1. The van der Waals surface area contributed by atoms with Crippen molar-refractivity contribution in [1.82, 2.24) is 25.0 Å². The summed E-state index contributed by atoms with van der Waals surface area (Å²) in [5.41, 5.74) is -0.863. The van der Waals surface area contributed by atoms with Gasteiger partial charge in [-0.25, -0.2) is 9.67 Å². The van der Waals surface area contributed by atoms with Crippen molar-refractivity contribution in [3.05, 3.63) is 58.3 Å². The van der Waals surface area contributed by atoms with E-state index in [4.69, 9.17) is 16.9 Å². The second-order valence-electron chi connectivity index (χ2n) is 6.37. The number of fused-ring (bicyclic) bond motifs is 1. The van der Waals surface area contributed by atoms with Crippen LogP contribution in [0.15, 0.2) is 30.5 Å². The Hall–Kier alpha value is -3.52. The molecule has 3 aromatic heterocycles. The summed E-state index contributed by atoms with van der Waals surface area (Å²) in [5, 5.41) is 19.9. The first-order chi connectivity index (χ1) is 14.3. The second-order valence-corrected chi connectivity index (χ2v) is 6.75. The highest BCUT2D eigenvalue weighted by molar-refractivity contribution is 6.29. The largest absolute Gasteiger partial charge is 0.434 e. The van der Waals surface area contributed by atoms with E-state index in [2.05, 4.69) is 20.3 Å². The summed E-state index contributed by atoms with van der Waals surface area (Å²) in [5.74, 6) is -1.10. The number of anilines is 1. The number of amides is 1. The third kappa shape index (κ3) is 3.46. The molecule has 12 heteroatoms. The molecule has 0 fully saturated rings. The first-order valence-corrected chi connectivity index (χ1v) is 9.04. The molecule has 30 heavy (non-hydrogen) atoms. The Kier molecular flexibility index (Phi) is 4.87. The smallest absolute Gasteiger partial charge is 0.306 e. The van der Waals surface area contributed by atoms with E-state index in [1.54, 1.807) is 0 Å². The van der Waals surface area contributed by atoms with Gasteiger partial charge in [-0.3, -0.25) is 4.79 Å². The van der Waals surface area contributed by atoms with Crippen LogP contribution in [0, 0.1) is 11.3 Å². The van der Waals surface area contributed by atoms with Crippen molar-refractivity contribution >= 4 is 23.2 Å². The minimum absolute atomic E-state index is 0.00456. The third-order valence-electron chi connectivity index (χ3n) is 4.50. The molecule has 0 aliphatic carbocycles. The molecular formula is C18H11ClF3N7O. The molecule has 0 spiro atoms. The van der Waals surface area contributed by atoms with Gasteiger partial charge in [0, 0.05) is 6.54 Å². The van der Waals surface area contributed by atoms with E-state index < -0.39 is 23.3 Å². The number of alkyl halides is 3. The quantitative estimate of drug-likeness (QED) is 0.615. The number of carbonyl (C=O) groups is 1. The summed E-state index contributed by atoms with van der Waals surface area (Å²) in [6.07, 6.45) is -3.02. The molecule has 3 aromatic rings. The minimum Gasteiger partial charge on any atom is -0.306 e. The predicted octanol–water partition coefficient (Wildman–Crippen LogP) is 3.19. The molecule has 0 N–H and O–H groups in total. The maximum absolute atomic E-state index is 13.9. The van der Waals surface area contributed by atoms with Crippen molar-refractivity contribution in [2.45, 2.75) is 19.0 Å². The van der Waals surface area contributed by atoms with Crippen molar-refractivity contribution in [3.8, 4) is 11.9 Å². The fourth-order valence-electron chi connectivity index (χ4n) is 3.24. The lowest BCUT2D eigenvalue weighted by molar-refractivity contribution is -0.143. The van der Waals surface area contributed by atoms with Crippen LogP contribution in [0.4, 0.5) is 18.9 Å². The molecule has 1 amide bonds. The van der Waals surface area contributed by atoms with Crippen LogP contribution in [0.5, 0.6) is 0 Å². The lowest BCUT2D eigenvalue weighted by Gasteiger charge is -2.29. The van der Waals surface area contributed by atoms with Crippen LogP contribution in [-0.4, -0.2) is 37.4 Å². The van der Waals surface area contributed by atoms with Gasteiger partial charge in [-0.15, -0.1) is 10.2 Å². The van der Waals surface area contributed by atoms with Crippen molar-refractivity contribution < 1.29 is 18.0 Å². The number of rotatable bonds is 2. The zero-order chi connectivity index (χ0) is 21.5. The molecule has 1 aliphatic heterocycles. The SMILES string of the molecule is N#Cc1ccc2c(n1)CCCN2C(=O)c1cnn(-c2ccc(Cl)nn2)c1C(F)(F)F. The van der Waals surface area contributed by atoms with Crippen molar-refractivity contribution in [2.75, 3.05) is 11.4 Å². The molecule has 0 saturated heterocycles. The second kappa shape index (κ2) is 7.38. The van der Waals surface area contributed by atoms with E-state index in [1.165, 1.54) is 29.2 Å². The Bertz CT molecular complexity index is 1170. The highest BCUT2D eigenvalue weighted by Crippen LogP contribution is 2.35. The normalized spacial score (nSPS) is 13.6. The number of halogens is 4. The van der Waals surface area contributed by atoms with Crippen LogP contribution in [0.1, 0.15) is 33.9 Å². The standard InChI is InChI=1S/C18H11ClF3N7O/c19-14-5-6-15(27-26-14)29-16(18(20,21)22)11(9-24-29)17(30)28-7-1-2-12-13(28)4-3-10(8-23)25-12/h3-6,9H,1-2,7H2. The van der Waals surface area contributed by atoms with Crippen LogP contribution in [0.25, 0.3) is 5.82 Å². The monoisotopic (exact) mass is 433 g/mol. The van der Waals surface area contributed by atoms with E-state index >= 15 is 0 Å². The van der Waals surface area contributed by atoms with Crippen LogP contribution in [-0.2, 0) is 12.6 Å². The predicted molar refractivity (Wildman–Crippen MR) is 98.1 cm³/mol. The lowest BCUT2D eigenvalue weighted by atomic mass is 10.1. The van der Waals surface area contributed by atoms with Gasteiger partial charge in [0.25, 0.3) is 5.91 Å². The number of hydrogen-bond donors (Lipinski definition) is 0. The maximum Gasteiger partial charge on any atom is 0.434 e. The number of aromatic nitrogens is 5. The van der Waals surface area contributed by atoms with E-state index in [1.807, 2.05) is 6.07 Å². The molecular weight excluding hydrogens is 423 g/mol. The summed E-state index contributed by atoms with van der Waals surface area (Å²) in [7, 11) is 0. The van der Waals surface area contributed by atoms with Gasteiger partial charge < -0.3 is 4.90 Å². The summed E-state index contributed by atoms with van der Waals surface area (Å²) < 4.78 is 42.1. The Morgan fingerprint density at radius 2 is 2.00 bits per heavy atom. The van der Waals surface area contributed by atoms with Crippen LogP contribution in [0.2, 0.25) is 5.15 Å². The molecule has 0 saturated carbocycles. The minimum atomic E-state index is -4.88. The molecule has 0 bridgehead atoms. The number of pyridine rings is 1. The summed E-state index contributed by atoms with van der Waals surface area (Å²) >= 11 is 5.64. The van der Waals surface area contributed by atoms with Gasteiger partial charge in [0.1, 0.15) is 11.8 Å². The van der Waals surface area contributed by atoms with Gasteiger partial charge >= 0.3 is 6.18 Å². The van der Waals surface area contributed by atoms with Gasteiger partial charge in [-0.05, 0) is 37.1 Å². The number of aryl methyl sites for hydroxylation is 1. The van der Waals surface area contributed by atoms with Crippen LogP contribution in [0.3, 0.4) is 0 Å². The molecule has 4 heterocycles. The lowest BCUT2D eigenvalue weighted by Crippen LogP contribution is -2.37. The van der Waals surface area contributed by atoms with Crippen molar-refractivity contribution in [2.24, 2.45) is 0 Å². The van der Waals surface area contributed by atoms with Crippen LogP contribution >= 0.6 is 11.6 Å². The van der Waals surface area contributed by atoms with Gasteiger partial charge in [0.15, 0.2) is 16.7 Å². The van der Waals surface area contributed by atoms with E-state index in [9.17, 15) is 18.0 Å². The third-order valence-corrected chi connectivity index (χ3v) is 4.70. The average Bonchev–Trinajstić information content (AvgIpc) is 3.18. The van der Waals surface area contributed by atoms with Gasteiger partial charge in [-0.1, -0.05) is 11.6 Å². The Morgan fingerprint density at radius 3 is 2.67 bits per heavy atom. The van der Waals surface area contributed by atoms with E-state index in [-0.39, 0.29) is 23.2 Å². The topological polar surface area (TPSA) is 101 Å². The van der Waals surface area contributed by atoms with E-state index in [0.29, 0.717) is 28.9 Å². The van der Waals surface area contributed by atoms with Crippen molar-refractivity contribution in [3.63, 3.8) is 0 Å². The van der Waals surface area contributed by atoms with E-state index in [0.717, 1.165) is 6.20 Å². The summed E-state index contributed by atoms with van der Waals surface area (Å²) in [6.45, 7) is 0.211. The molecule has 1 aliphatic rings. The van der Waals surface area contributed by atoms with Crippen molar-refractivity contribution in [1.29, 1.82) is 5.26 Å². The highest BCUT2D eigenvalue weighted by atomic mass is 35.5. The number of nitrogens with zero attached hydrogens (tertiary/aromatic N) is 7. The molecule has 0 radical (unpaired) electrons. The zero-order valence-electron chi connectivity index (χ0n) is 15.1. The first-order valence-electron chi connectivity index (χ1n) is 8.66. The Labute approximate surface area is 172 Å². The molecule has 152 valence electrons. The van der Waals surface area contributed by atoms with Gasteiger partial charge in [-0.2, -0.15) is 23.5 Å². The first kappa shape index (κ1) is 19.8. The van der Waals surface area contributed by atoms with Gasteiger partial charge in [0.2, 0.25) is 0 Å². The fraction of sp³-hybridized carbons (Fsp3) is 0.222. The molecule has 0 atom stereocenters. The Morgan fingerprint density at radius 1 is 1.20 bits per heavy atom. The fourth-order valence-corrected chi connectivity index (χ4v) is 3.34. The molecule has 0 unspecified atom stereocenters. The number of hydrogen-bond acceptors (Lipinski definition) is 6.